The van der Waals surface area contributed by atoms with Gasteiger partial charge in [-0.1, -0.05) is 27.5 Å². The number of aliphatic hydroxyl groups excluding tert-OH is 1. The molecule has 1 aromatic carbocycles. The predicted octanol–water partition coefficient (Wildman–Crippen LogP) is 3.10. The first-order valence-corrected chi connectivity index (χ1v) is 6.33. The largest absolute Gasteiger partial charge is 0.406 e. The van der Waals surface area contributed by atoms with Crippen molar-refractivity contribution < 1.29 is 23.1 Å². The average molecular weight is 361 g/mol. The first-order valence-electron chi connectivity index (χ1n) is 5.16. The van der Waals surface area contributed by atoms with E-state index in [1.165, 1.54) is 18.2 Å². The number of hydrogen-bond acceptors (Lipinski definition) is 2. The third-order valence-corrected chi connectivity index (χ3v) is 2.81. The van der Waals surface area contributed by atoms with Crippen LogP contribution in [-0.4, -0.2) is 41.8 Å². The van der Waals surface area contributed by atoms with Crippen molar-refractivity contribution in [1.82, 2.24) is 4.90 Å². The Balaban J connectivity index is 2.98. The van der Waals surface area contributed by atoms with Crippen molar-refractivity contribution in [2.45, 2.75) is 6.18 Å². The standard InChI is InChI=1S/C11H10BrClF3NO2/c12-8-3-7(4-9(13)5-8)10(19)17(1-2-18)6-11(14,15)16/h3-5,18H,1-2,6H2. The summed E-state index contributed by atoms with van der Waals surface area (Å²) in [6, 6.07) is 4.16. The average Bonchev–Trinajstić information content (AvgIpc) is 2.24. The van der Waals surface area contributed by atoms with E-state index in [1.807, 2.05) is 0 Å². The highest BCUT2D eigenvalue weighted by Gasteiger charge is 2.33. The number of nitrogens with zero attached hydrogens (tertiary/aromatic N) is 1. The van der Waals surface area contributed by atoms with Crippen LogP contribution in [0, 0.1) is 0 Å². The highest BCUT2D eigenvalue weighted by atomic mass is 79.9. The fraction of sp³-hybridized carbons (Fsp3) is 0.364. The molecule has 1 amide bonds. The first-order chi connectivity index (χ1) is 8.73. The molecule has 0 spiro atoms. The normalized spacial score (nSPS) is 11.5. The van der Waals surface area contributed by atoms with Gasteiger partial charge in [0, 0.05) is 21.6 Å². The number of aliphatic hydroxyl groups is 1. The smallest absolute Gasteiger partial charge is 0.395 e. The summed E-state index contributed by atoms with van der Waals surface area (Å²) in [5.74, 6) is -0.838. The summed E-state index contributed by atoms with van der Waals surface area (Å²) in [6.45, 7) is -2.37. The van der Waals surface area contributed by atoms with Gasteiger partial charge in [0.05, 0.1) is 6.61 Å². The molecule has 0 unspecified atom stereocenters. The highest BCUT2D eigenvalue weighted by molar-refractivity contribution is 9.10. The van der Waals surface area contributed by atoms with Crippen molar-refractivity contribution in [2.75, 3.05) is 19.7 Å². The Morgan fingerprint density at radius 1 is 1.37 bits per heavy atom. The van der Waals surface area contributed by atoms with Crippen molar-refractivity contribution >= 4 is 33.4 Å². The van der Waals surface area contributed by atoms with Crippen molar-refractivity contribution in [3.8, 4) is 0 Å². The predicted molar refractivity (Wildman–Crippen MR) is 68.2 cm³/mol. The molecule has 0 saturated heterocycles. The van der Waals surface area contributed by atoms with E-state index in [4.69, 9.17) is 16.7 Å². The van der Waals surface area contributed by atoms with E-state index in [2.05, 4.69) is 15.9 Å². The fourth-order valence-corrected chi connectivity index (χ4v) is 2.31. The van der Waals surface area contributed by atoms with Crippen LogP contribution in [0.3, 0.4) is 0 Å². The SMILES string of the molecule is O=C(c1cc(Cl)cc(Br)c1)N(CCO)CC(F)(F)F. The molecule has 0 aliphatic heterocycles. The minimum Gasteiger partial charge on any atom is -0.395 e. The molecule has 0 heterocycles. The molecule has 0 aliphatic carbocycles. The molecule has 0 saturated carbocycles. The number of alkyl halides is 3. The van der Waals surface area contributed by atoms with Crippen molar-refractivity contribution in [2.24, 2.45) is 0 Å². The molecular formula is C11H10BrClF3NO2. The fourth-order valence-electron chi connectivity index (χ4n) is 1.45. The Kier molecular flexibility index (Phi) is 5.64. The molecule has 1 rings (SSSR count). The van der Waals surface area contributed by atoms with Gasteiger partial charge in [0.1, 0.15) is 6.54 Å². The van der Waals surface area contributed by atoms with Gasteiger partial charge in [-0.2, -0.15) is 13.2 Å². The molecule has 0 aliphatic rings. The zero-order chi connectivity index (χ0) is 14.6. The summed E-state index contributed by atoms with van der Waals surface area (Å²) >= 11 is 8.84. The van der Waals surface area contributed by atoms with Gasteiger partial charge in [-0.25, -0.2) is 0 Å². The molecule has 0 atom stereocenters. The molecule has 19 heavy (non-hydrogen) atoms. The second-order valence-corrected chi connectivity index (χ2v) is 5.08. The van der Waals surface area contributed by atoms with Gasteiger partial charge >= 0.3 is 6.18 Å². The van der Waals surface area contributed by atoms with Gasteiger partial charge in [-0.15, -0.1) is 0 Å². The number of benzene rings is 1. The summed E-state index contributed by atoms with van der Waals surface area (Å²) in [4.78, 5) is 12.5. The lowest BCUT2D eigenvalue weighted by Gasteiger charge is -2.23. The molecule has 0 bridgehead atoms. The summed E-state index contributed by atoms with van der Waals surface area (Å²) < 4.78 is 37.5. The lowest BCUT2D eigenvalue weighted by atomic mass is 10.2. The van der Waals surface area contributed by atoms with E-state index >= 15 is 0 Å². The van der Waals surface area contributed by atoms with Gasteiger partial charge in [-0.05, 0) is 18.2 Å². The van der Waals surface area contributed by atoms with Crippen molar-refractivity contribution in [1.29, 1.82) is 0 Å². The minimum atomic E-state index is -4.53. The molecule has 1 N–H and O–H groups in total. The number of hydrogen-bond donors (Lipinski definition) is 1. The summed E-state index contributed by atoms with van der Waals surface area (Å²) in [7, 11) is 0. The van der Waals surface area contributed by atoms with Crippen LogP contribution < -0.4 is 0 Å². The van der Waals surface area contributed by atoms with Crippen LogP contribution >= 0.6 is 27.5 Å². The second-order valence-electron chi connectivity index (χ2n) is 3.72. The number of amides is 1. The Labute approximate surface area is 121 Å². The highest BCUT2D eigenvalue weighted by Crippen LogP contribution is 2.22. The van der Waals surface area contributed by atoms with E-state index < -0.39 is 31.8 Å². The molecule has 1 aromatic rings. The quantitative estimate of drug-likeness (QED) is 0.896. The lowest BCUT2D eigenvalue weighted by molar-refractivity contribution is -0.141. The third kappa shape index (κ3) is 5.38. The van der Waals surface area contributed by atoms with Crippen LogP contribution in [0.15, 0.2) is 22.7 Å². The Morgan fingerprint density at radius 3 is 2.47 bits per heavy atom. The van der Waals surface area contributed by atoms with E-state index in [0.29, 0.717) is 9.37 Å². The topological polar surface area (TPSA) is 40.5 Å². The molecule has 0 aromatic heterocycles. The van der Waals surface area contributed by atoms with Crippen molar-refractivity contribution in [3.05, 3.63) is 33.3 Å². The van der Waals surface area contributed by atoms with Crippen molar-refractivity contribution in [3.63, 3.8) is 0 Å². The van der Waals surface area contributed by atoms with E-state index in [9.17, 15) is 18.0 Å². The van der Waals surface area contributed by atoms with Crippen LogP contribution in [0.5, 0.6) is 0 Å². The zero-order valence-electron chi connectivity index (χ0n) is 9.55. The van der Waals surface area contributed by atoms with Crippen LogP contribution in [0.4, 0.5) is 13.2 Å². The van der Waals surface area contributed by atoms with Gasteiger partial charge in [0.15, 0.2) is 0 Å². The van der Waals surface area contributed by atoms with Gasteiger partial charge in [-0.3, -0.25) is 4.79 Å². The molecule has 106 valence electrons. The summed E-state index contributed by atoms with van der Waals surface area (Å²) in [6.07, 6.45) is -4.53. The number of halogens is 5. The lowest BCUT2D eigenvalue weighted by Crippen LogP contribution is -2.40. The molecule has 3 nitrogen and oxygen atoms in total. The number of rotatable bonds is 4. The first kappa shape index (κ1) is 16.3. The molecular weight excluding hydrogens is 350 g/mol. The Hall–Kier alpha value is -0.790. The van der Waals surface area contributed by atoms with Crippen LogP contribution in [-0.2, 0) is 0 Å². The third-order valence-electron chi connectivity index (χ3n) is 2.14. The second kappa shape index (κ2) is 6.58. The van der Waals surface area contributed by atoms with E-state index in [-0.39, 0.29) is 10.6 Å². The maximum atomic E-state index is 12.4. The van der Waals surface area contributed by atoms with Crippen LogP contribution in [0.1, 0.15) is 10.4 Å². The Morgan fingerprint density at radius 2 is 2.00 bits per heavy atom. The van der Waals surface area contributed by atoms with Gasteiger partial charge in [0.2, 0.25) is 0 Å². The molecule has 0 fully saturated rings. The summed E-state index contributed by atoms with van der Waals surface area (Å²) in [5, 5.41) is 8.97. The van der Waals surface area contributed by atoms with E-state index in [1.54, 1.807) is 0 Å². The van der Waals surface area contributed by atoms with E-state index in [0.717, 1.165) is 0 Å². The zero-order valence-corrected chi connectivity index (χ0v) is 11.9. The number of carbonyl (C=O) groups excluding carboxylic acids is 1. The van der Waals surface area contributed by atoms with Crippen LogP contribution in [0.2, 0.25) is 5.02 Å². The molecule has 0 radical (unpaired) electrons. The minimum absolute atomic E-state index is 0.0251. The maximum absolute atomic E-state index is 12.4. The number of carbonyl (C=O) groups is 1. The van der Waals surface area contributed by atoms with Gasteiger partial charge in [0.25, 0.3) is 5.91 Å². The van der Waals surface area contributed by atoms with Gasteiger partial charge < -0.3 is 10.0 Å². The van der Waals surface area contributed by atoms with Crippen LogP contribution in [0.25, 0.3) is 0 Å². The molecule has 8 heteroatoms. The summed E-state index contributed by atoms with van der Waals surface area (Å²) in [5.41, 5.74) is 0.0251. The maximum Gasteiger partial charge on any atom is 0.406 e. The Bertz CT molecular complexity index is 447. The monoisotopic (exact) mass is 359 g/mol.